The van der Waals surface area contributed by atoms with Crippen molar-refractivity contribution in [3.05, 3.63) is 90.0 Å². The van der Waals surface area contributed by atoms with Crippen molar-refractivity contribution in [3.63, 3.8) is 0 Å². The van der Waals surface area contributed by atoms with Crippen LogP contribution in [0.3, 0.4) is 0 Å². The zero-order valence-corrected chi connectivity index (χ0v) is 60.8. The summed E-state index contributed by atoms with van der Waals surface area (Å²) in [5.74, 6) is 3.33. The predicted octanol–water partition coefficient (Wildman–Crippen LogP) is 8.17. The number of fused-ring (bicyclic) bond motifs is 18. The summed E-state index contributed by atoms with van der Waals surface area (Å²) in [5.41, 5.74) is 12.6. The number of aryl methyl sites for hydroxylation is 2. The number of phenols is 3. The summed E-state index contributed by atoms with van der Waals surface area (Å²) in [5, 5.41) is 56.2. The summed E-state index contributed by atoms with van der Waals surface area (Å²) in [4.78, 5) is 35.0. The minimum atomic E-state index is -0.536. The third kappa shape index (κ3) is 9.52. The number of likely N-dealkylation sites (N-methyl/N-ethyl adjacent to an activating group) is 2. The zero-order chi connectivity index (χ0) is 58.5. The first-order chi connectivity index (χ1) is 39.8. The summed E-state index contributed by atoms with van der Waals surface area (Å²) in [6.07, 6.45) is 1.28. The maximum atomic E-state index is 13.1. The van der Waals surface area contributed by atoms with Crippen molar-refractivity contribution in [3.8, 4) is 58.1 Å². The molecule has 4 aromatic rings. The van der Waals surface area contributed by atoms with Crippen molar-refractivity contribution in [1.82, 2.24) is 19.6 Å². The van der Waals surface area contributed by atoms with Crippen molar-refractivity contribution < 1.29 is 151 Å². The van der Waals surface area contributed by atoms with Gasteiger partial charge in [-0.05, 0) is 102 Å². The number of ether oxygens (including phenoxy) is 8. The minimum absolute atomic E-state index is 0. The molecule has 8 bridgehead atoms. The second-order valence-corrected chi connectivity index (χ2v) is 26.5. The van der Waals surface area contributed by atoms with Crippen molar-refractivity contribution in [2.45, 2.75) is 139 Å². The van der Waals surface area contributed by atoms with Crippen LogP contribution >= 0.6 is 23.5 Å². The number of hydrogen-bond acceptors (Lipinski definition) is 21. The van der Waals surface area contributed by atoms with E-state index >= 15 is 0 Å². The number of carbonyl (C=O) groups is 2. The normalized spacial score (nSPS) is 31.0. The molecule has 0 aliphatic carbocycles. The predicted molar refractivity (Wildman–Crippen MR) is 306 cm³/mol. The van der Waals surface area contributed by atoms with Crippen LogP contribution in [0.2, 0.25) is 0 Å². The van der Waals surface area contributed by atoms with Crippen LogP contribution in [0.15, 0.2) is 12.1 Å². The van der Waals surface area contributed by atoms with Crippen LogP contribution in [0.4, 0.5) is 0 Å². The molecular weight excluding hydrogens is 1550 g/mol. The molecule has 4 aromatic carbocycles. The van der Waals surface area contributed by atoms with Gasteiger partial charge in [-0.2, -0.15) is 34.0 Å². The molecule has 444 valence electrons. The first-order valence-corrected chi connectivity index (χ1v) is 30.6. The second-order valence-electron chi connectivity index (χ2n) is 24.1. The van der Waals surface area contributed by atoms with Crippen LogP contribution in [0.1, 0.15) is 126 Å². The van der Waals surface area contributed by atoms with E-state index in [9.17, 15) is 35.4 Å². The number of methoxy groups -OCH3 is 1. The van der Waals surface area contributed by atoms with Gasteiger partial charge in [-0.25, -0.2) is 0 Å². The van der Waals surface area contributed by atoms with E-state index in [1.54, 1.807) is 30.6 Å². The average Bonchev–Trinajstić information content (AvgIpc) is 1.32. The smallest absolute Gasteiger partial charge is 0.309 e. The van der Waals surface area contributed by atoms with Gasteiger partial charge in [-0.1, -0.05) is 26.0 Å². The van der Waals surface area contributed by atoms with E-state index < -0.39 is 24.2 Å². The van der Waals surface area contributed by atoms with Gasteiger partial charge in [0.15, 0.2) is 29.8 Å². The number of thioether (sulfide) groups is 2. The zero-order valence-electron chi connectivity index (χ0n) is 49.7. The summed E-state index contributed by atoms with van der Waals surface area (Å²) in [6.45, 7) is 15.8. The Hall–Kier alpha value is -3.42. The van der Waals surface area contributed by atoms with Gasteiger partial charge in [0.2, 0.25) is 13.6 Å². The first-order valence-electron chi connectivity index (χ1n) is 28.6. The number of hydrogen-bond donors (Lipinski definition) is 3. The maximum absolute atomic E-state index is 13.1. The monoisotopic (exact) mass is 1620 g/mol. The summed E-state index contributed by atoms with van der Waals surface area (Å²) < 4.78 is 47.3. The summed E-state index contributed by atoms with van der Waals surface area (Å²) >= 11 is 3.23. The number of cyclic esters (lactones) is 2. The molecule has 10 heterocycles. The molecule has 0 aromatic heterocycles. The molecule has 4 saturated heterocycles. The Labute approximate surface area is 575 Å². The average molecular weight is 1630 g/mol. The third-order valence-electron chi connectivity index (χ3n) is 19.9. The number of phenolic OH excluding ortho intramolecular Hbond substituents is 3. The topological polar surface area (TPSA) is 229 Å². The van der Waals surface area contributed by atoms with E-state index in [-0.39, 0.29) is 204 Å². The fourth-order valence-electron chi connectivity index (χ4n) is 15.6. The SMILES string of the molecule is COCOc1c(C)c(C)cc2c1[C@@H]1C3[C@@H]4SC[C@@H](C)C(=O)OC[C@@H](c5c6c(c(C)c(O)c54)OCO6)N3[C@@H](C#N)[C@H](C2)N1C.Cc1cc2c(c(O)c1C)[C@@H]1C3[C@@H]4SC[C@@H](C)C(=O)OC[C@@H](c5c6c(c(C)c(O)c54)OCO6)N3[C@@H](C#N)[C@H](C2)N1C.[Ac].[Ac]. The van der Waals surface area contributed by atoms with Crippen LogP contribution < -0.4 is 23.7 Å². The molecule has 14 atom stereocenters. The molecule has 0 amide bonds. The van der Waals surface area contributed by atoms with Crippen molar-refractivity contribution >= 4 is 35.5 Å². The van der Waals surface area contributed by atoms with Crippen LogP contribution in [0, 0.1) is 164 Å². The number of nitrogens with zero attached hydrogens (tertiary/aromatic N) is 6. The Bertz CT molecular complexity index is 3530. The summed E-state index contributed by atoms with van der Waals surface area (Å²) in [6, 6.07) is 6.34. The second kappa shape index (κ2) is 24.1. The Morgan fingerprint density at radius 2 is 1.00 bits per heavy atom. The summed E-state index contributed by atoms with van der Waals surface area (Å²) in [7, 11) is 5.76. The molecule has 0 spiro atoms. The Kier molecular flexibility index (Phi) is 17.9. The van der Waals surface area contributed by atoms with Gasteiger partial charge >= 0.3 is 11.9 Å². The van der Waals surface area contributed by atoms with Crippen molar-refractivity contribution in [2.75, 3.05) is 66.3 Å². The van der Waals surface area contributed by atoms with Gasteiger partial charge in [0.05, 0.1) is 58.6 Å². The number of benzene rings is 4. The first kappa shape index (κ1) is 63.2. The van der Waals surface area contributed by atoms with Gasteiger partial charge in [-0.3, -0.25) is 29.2 Å². The Morgan fingerprint density at radius 3 is 1.45 bits per heavy atom. The molecule has 0 saturated carbocycles. The van der Waals surface area contributed by atoms with Crippen LogP contribution in [0.25, 0.3) is 0 Å². The van der Waals surface area contributed by atoms with E-state index in [0.717, 1.165) is 66.9 Å². The maximum Gasteiger partial charge on any atom is 0.309 e. The molecule has 85 heavy (non-hydrogen) atoms. The van der Waals surface area contributed by atoms with Gasteiger partial charge in [0.25, 0.3) is 0 Å². The molecule has 2 unspecified atom stereocenters. The van der Waals surface area contributed by atoms with Crippen LogP contribution in [-0.4, -0.2) is 149 Å². The molecule has 19 nitrogen and oxygen atoms in total. The standard InChI is InChI=1S/C32H37N3O7S.C30H33N3O6S.2Ac/c1-14-7-18-8-19-20(9-33)35-21-10-39-32(37)15(2)11-43-31(24-23(21)30-29(41-13-42-30)17(4)27(24)36)26(35)25(34(19)5)22(18)28(16(14)3)40-12-38-6;1-12-6-16-7-17-18(8-31)33-19-9-37-30(36)13(2)10-40-29(24(33)23(32(17)5)20(16)25(34)14(12)3)22-21(19)28-27(38-11-39-28)15(4)26(22)35;;/h7,15,19-21,25-26,31,36H,8,10-13H2,1-6H3;6,13,17-19,23-24,29,34-35H,7,9-11H2,1-5H3;;/t15-,19+,20+,21+,25-,26?,31-;13-,17+,18+,19+,23-,24?,29-;;/m11../s1. The molecule has 10 aliphatic heterocycles. The minimum Gasteiger partial charge on any atom is -0.507 e. The Balaban J connectivity index is 0.000000173. The molecule has 3 N–H and O–H groups in total. The molecule has 14 rings (SSSR count). The number of esters is 2. The fraction of sp³-hybridized carbons (Fsp3) is 0.548. The van der Waals surface area contributed by atoms with E-state index in [2.05, 4.69) is 64.8 Å². The van der Waals surface area contributed by atoms with Gasteiger partial charge in [-0.15, -0.1) is 0 Å². The van der Waals surface area contributed by atoms with Gasteiger partial charge in [0.1, 0.15) is 48.3 Å². The Morgan fingerprint density at radius 1 is 0.588 bits per heavy atom. The number of rotatable bonds is 3. The van der Waals surface area contributed by atoms with E-state index in [4.69, 9.17) is 37.9 Å². The molecule has 23 heteroatoms. The number of piperazine rings is 2. The quantitative estimate of drug-likeness (QED) is 0.130. The molecule has 2 radical (unpaired) electrons. The van der Waals surface area contributed by atoms with Crippen LogP contribution in [-0.2, 0) is 36.6 Å². The van der Waals surface area contributed by atoms with Gasteiger partial charge in [0, 0.05) is 175 Å². The molecular formula is C62H70Ac2N6O13S2. The van der Waals surface area contributed by atoms with E-state index in [0.29, 0.717) is 64.2 Å². The van der Waals surface area contributed by atoms with Crippen molar-refractivity contribution in [2.24, 2.45) is 11.8 Å². The number of aromatic hydroxyl groups is 3. The van der Waals surface area contributed by atoms with E-state index in [1.165, 1.54) is 5.56 Å². The van der Waals surface area contributed by atoms with Gasteiger partial charge < -0.3 is 53.2 Å². The number of carbonyl (C=O) groups excluding carboxylic acids is 2. The van der Waals surface area contributed by atoms with E-state index in [1.807, 2.05) is 48.6 Å². The third-order valence-corrected chi connectivity index (χ3v) is 23.0. The van der Waals surface area contributed by atoms with Crippen molar-refractivity contribution in [1.29, 1.82) is 10.5 Å². The molecule has 4 fully saturated rings. The number of nitriles is 2. The fourth-order valence-corrected chi connectivity index (χ4v) is 18.7. The van der Waals surface area contributed by atoms with Crippen LogP contribution in [0.5, 0.6) is 46.0 Å². The molecule has 10 aliphatic rings. The largest absolute Gasteiger partial charge is 0.507 e.